The first-order valence-corrected chi connectivity index (χ1v) is 13.2. The van der Waals surface area contributed by atoms with Crippen molar-refractivity contribution in [3.63, 3.8) is 0 Å². The molecule has 8 heteroatoms. The molecular weight excluding hydrogens is 484 g/mol. The van der Waals surface area contributed by atoms with Gasteiger partial charge in [0, 0.05) is 41.4 Å². The van der Waals surface area contributed by atoms with E-state index in [1.165, 1.54) is 0 Å². The van der Waals surface area contributed by atoms with E-state index in [1.807, 2.05) is 31.2 Å². The van der Waals surface area contributed by atoms with Crippen molar-refractivity contribution in [3.8, 4) is 27.4 Å². The van der Waals surface area contributed by atoms with Gasteiger partial charge in [-0.2, -0.15) is 0 Å². The second kappa shape index (κ2) is 9.90. The van der Waals surface area contributed by atoms with Crippen LogP contribution in [0.15, 0.2) is 48.0 Å². The molecule has 2 aromatic heterocycles. The first kappa shape index (κ1) is 24.3. The van der Waals surface area contributed by atoms with Crippen LogP contribution in [-0.2, 0) is 0 Å². The molecule has 0 bridgehead atoms. The van der Waals surface area contributed by atoms with Crippen molar-refractivity contribution >= 4 is 28.8 Å². The highest BCUT2D eigenvalue weighted by Gasteiger charge is 2.38. The summed E-state index contributed by atoms with van der Waals surface area (Å²) in [5.74, 6) is 0.890. The van der Waals surface area contributed by atoms with Crippen molar-refractivity contribution in [1.29, 1.82) is 0 Å². The summed E-state index contributed by atoms with van der Waals surface area (Å²) in [6.07, 6.45) is 4.16. The van der Waals surface area contributed by atoms with Gasteiger partial charge in [-0.05, 0) is 79.3 Å². The second-order valence-corrected chi connectivity index (χ2v) is 11.2. The van der Waals surface area contributed by atoms with Crippen LogP contribution in [0.2, 0.25) is 5.02 Å². The first-order valence-electron chi connectivity index (χ1n) is 11.9. The maximum atomic E-state index is 12.8. The predicted octanol–water partition coefficient (Wildman–Crippen LogP) is 5.27. The summed E-state index contributed by atoms with van der Waals surface area (Å²) in [7, 11) is 0. The van der Waals surface area contributed by atoms with E-state index in [0.717, 1.165) is 34.4 Å². The average molecular weight is 513 g/mol. The van der Waals surface area contributed by atoms with Gasteiger partial charge in [0.05, 0.1) is 23.3 Å². The summed E-state index contributed by atoms with van der Waals surface area (Å²) in [6.45, 7) is 3.54. The zero-order chi connectivity index (χ0) is 24.6. The number of benzene rings is 1. The Labute approximate surface area is 214 Å². The summed E-state index contributed by atoms with van der Waals surface area (Å²) < 4.78 is 5.88. The largest absolute Gasteiger partial charge is 0.477 e. The number of hydrogen-bond donors (Lipinski definition) is 2. The molecule has 5 rings (SSSR count). The van der Waals surface area contributed by atoms with Crippen molar-refractivity contribution in [3.05, 3.63) is 58.6 Å². The smallest absolute Gasteiger partial charge is 0.253 e. The van der Waals surface area contributed by atoms with E-state index in [9.17, 15) is 15.0 Å². The molecule has 1 aromatic carbocycles. The number of pyridine rings is 1. The highest BCUT2D eigenvalue weighted by molar-refractivity contribution is 7.14. The Balaban J connectivity index is 1.27. The summed E-state index contributed by atoms with van der Waals surface area (Å²) >= 11 is 8.20. The number of ether oxygens (including phenoxy) is 1. The minimum atomic E-state index is -0.555. The molecule has 1 saturated carbocycles. The predicted molar refractivity (Wildman–Crippen MR) is 138 cm³/mol. The lowest BCUT2D eigenvalue weighted by Gasteiger charge is -2.40. The number of amides is 1. The van der Waals surface area contributed by atoms with Gasteiger partial charge >= 0.3 is 0 Å². The lowest BCUT2D eigenvalue weighted by molar-refractivity contribution is -0.0694. The Hall–Kier alpha value is -2.45. The van der Waals surface area contributed by atoms with Crippen molar-refractivity contribution in [2.75, 3.05) is 19.7 Å². The van der Waals surface area contributed by atoms with Crippen LogP contribution in [0.25, 0.3) is 21.6 Å². The van der Waals surface area contributed by atoms with Crippen LogP contribution in [0.3, 0.4) is 0 Å². The SMILES string of the molecule is CC1(O)CC(COc2cc(-c3csc(-c4ccc(C(=O)N5CCC(O)CC5)cc4Cl)c3)ccn2)C1. The van der Waals surface area contributed by atoms with E-state index in [2.05, 4.69) is 16.4 Å². The monoisotopic (exact) mass is 512 g/mol. The number of rotatable bonds is 6. The van der Waals surface area contributed by atoms with Gasteiger partial charge in [-0.1, -0.05) is 17.7 Å². The molecule has 1 aliphatic carbocycles. The molecule has 1 aliphatic heterocycles. The topological polar surface area (TPSA) is 82.9 Å². The molecule has 2 N–H and O–H groups in total. The van der Waals surface area contributed by atoms with Crippen molar-refractivity contribution in [2.45, 2.75) is 44.3 Å². The van der Waals surface area contributed by atoms with Crippen LogP contribution in [0.4, 0.5) is 0 Å². The lowest BCUT2D eigenvalue weighted by atomic mass is 9.73. The number of aromatic nitrogens is 1. The quantitative estimate of drug-likeness (QED) is 0.470. The Morgan fingerprint density at radius 3 is 2.69 bits per heavy atom. The molecule has 3 heterocycles. The van der Waals surface area contributed by atoms with Crippen LogP contribution in [-0.4, -0.2) is 57.4 Å². The lowest BCUT2D eigenvalue weighted by Crippen LogP contribution is -2.43. The molecular formula is C27H29ClN2O4S. The number of carbonyl (C=O) groups is 1. The van der Waals surface area contributed by atoms with E-state index < -0.39 is 5.60 Å². The van der Waals surface area contributed by atoms with Gasteiger partial charge in [-0.3, -0.25) is 4.79 Å². The summed E-state index contributed by atoms with van der Waals surface area (Å²) in [6, 6.07) is 11.4. The fraction of sp³-hybridized carbons (Fsp3) is 0.407. The van der Waals surface area contributed by atoms with Gasteiger partial charge < -0.3 is 19.8 Å². The van der Waals surface area contributed by atoms with Gasteiger partial charge in [0.15, 0.2) is 0 Å². The zero-order valence-corrected chi connectivity index (χ0v) is 21.2. The molecule has 1 amide bonds. The minimum absolute atomic E-state index is 0.0490. The highest BCUT2D eigenvalue weighted by atomic mass is 35.5. The number of carbonyl (C=O) groups excluding carboxylic acids is 1. The molecule has 3 aromatic rings. The number of hydrogen-bond acceptors (Lipinski definition) is 6. The van der Waals surface area contributed by atoms with Crippen molar-refractivity contribution < 1.29 is 19.7 Å². The van der Waals surface area contributed by atoms with Gasteiger partial charge in [-0.25, -0.2) is 4.98 Å². The zero-order valence-electron chi connectivity index (χ0n) is 19.6. The van der Waals surface area contributed by atoms with Gasteiger partial charge in [0.1, 0.15) is 0 Å². The fourth-order valence-corrected chi connectivity index (χ4v) is 6.20. The minimum Gasteiger partial charge on any atom is -0.477 e. The normalized spacial score (nSPS) is 22.6. The average Bonchev–Trinajstić information content (AvgIpc) is 3.31. The van der Waals surface area contributed by atoms with Crippen molar-refractivity contribution in [1.82, 2.24) is 9.88 Å². The van der Waals surface area contributed by atoms with Gasteiger partial charge in [-0.15, -0.1) is 11.3 Å². The number of halogens is 1. The number of thiophene rings is 1. The summed E-state index contributed by atoms with van der Waals surface area (Å²) in [5, 5.41) is 22.2. The molecule has 2 fully saturated rings. The third-order valence-corrected chi connectivity index (χ3v) is 8.10. The number of likely N-dealkylation sites (tertiary alicyclic amines) is 1. The first-order chi connectivity index (χ1) is 16.8. The van der Waals surface area contributed by atoms with Crippen LogP contribution in [0.5, 0.6) is 5.88 Å². The van der Waals surface area contributed by atoms with Crippen LogP contribution in [0.1, 0.15) is 43.0 Å². The number of nitrogens with zero attached hydrogens (tertiary/aromatic N) is 2. The number of aliphatic hydroxyl groups is 2. The van der Waals surface area contributed by atoms with Crippen LogP contribution in [0, 0.1) is 5.92 Å². The van der Waals surface area contributed by atoms with Gasteiger partial charge in [0.2, 0.25) is 5.88 Å². The van der Waals surface area contributed by atoms with E-state index >= 15 is 0 Å². The molecule has 35 heavy (non-hydrogen) atoms. The number of piperidine rings is 1. The summed E-state index contributed by atoms with van der Waals surface area (Å²) in [4.78, 5) is 20.0. The summed E-state index contributed by atoms with van der Waals surface area (Å²) in [5.41, 5.74) is 2.95. The molecule has 0 unspecified atom stereocenters. The second-order valence-electron chi connectivity index (χ2n) is 9.88. The van der Waals surface area contributed by atoms with E-state index in [0.29, 0.717) is 54.9 Å². The van der Waals surface area contributed by atoms with E-state index in [1.54, 1.807) is 28.5 Å². The van der Waals surface area contributed by atoms with E-state index in [-0.39, 0.29) is 12.0 Å². The molecule has 1 saturated heterocycles. The van der Waals surface area contributed by atoms with Crippen LogP contribution >= 0.6 is 22.9 Å². The third kappa shape index (κ3) is 5.54. The van der Waals surface area contributed by atoms with Gasteiger partial charge in [0.25, 0.3) is 5.91 Å². The molecule has 2 aliphatic rings. The van der Waals surface area contributed by atoms with E-state index in [4.69, 9.17) is 16.3 Å². The molecule has 0 radical (unpaired) electrons. The maximum absolute atomic E-state index is 12.8. The van der Waals surface area contributed by atoms with Crippen molar-refractivity contribution in [2.24, 2.45) is 5.92 Å². The highest BCUT2D eigenvalue weighted by Crippen LogP contribution is 2.39. The Morgan fingerprint density at radius 1 is 1.20 bits per heavy atom. The standard InChI is InChI=1S/C27H29ClN2O4S/c1-27(33)13-17(14-27)15-34-25-12-18(4-7-29-25)20-11-24(35-16-20)22-3-2-19(10-23(22)28)26(32)30-8-5-21(31)6-9-30/h2-4,7,10-12,16-17,21,31,33H,5-6,8-9,13-15H2,1H3. The molecule has 0 atom stereocenters. The molecule has 0 spiro atoms. The van der Waals surface area contributed by atoms with Crippen LogP contribution < -0.4 is 4.74 Å². The molecule has 6 nitrogen and oxygen atoms in total. The Bertz CT molecular complexity index is 1210. The maximum Gasteiger partial charge on any atom is 0.253 e. The Morgan fingerprint density at radius 2 is 1.97 bits per heavy atom. The Kier molecular flexibility index (Phi) is 6.86. The molecule has 184 valence electrons. The fourth-order valence-electron chi connectivity index (χ4n) is 4.90. The number of aliphatic hydroxyl groups excluding tert-OH is 1. The third-order valence-electron chi connectivity index (χ3n) is 6.82.